The lowest BCUT2D eigenvalue weighted by Crippen LogP contribution is -2.50. The van der Waals surface area contributed by atoms with E-state index in [1.54, 1.807) is 16.2 Å². The lowest BCUT2D eigenvalue weighted by atomic mass is 10.2. The number of nitrogens with one attached hydrogen (secondary N) is 1. The monoisotopic (exact) mass is 447 g/mol. The van der Waals surface area contributed by atoms with E-state index in [0.29, 0.717) is 13.1 Å². The van der Waals surface area contributed by atoms with Crippen LogP contribution in [0, 0.1) is 0 Å². The van der Waals surface area contributed by atoms with E-state index in [0.717, 1.165) is 68.8 Å². The van der Waals surface area contributed by atoms with Crippen LogP contribution in [-0.4, -0.2) is 92.0 Å². The number of thiazole rings is 1. The number of hydrogen-bond donors (Lipinski definition) is 1. The first kappa shape index (κ1) is 22.1. The number of piperazine rings is 1. The molecule has 2 aromatic rings. The van der Waals surface area contributed by atoms with Gasteiger partial charge in [0.25, 0.3) is 0 Å². The predicted octanol–water partition coefficient (Wildman–Crippen LogP) is 3.10. The Morgan fingerprint density at radius 3 is 2.61 bits per heavy atom. The number of hydrogen-bond acceptors (Lipinski definition) is 8. The molecule has 2 aliphatic heterocycles. The number of nitrogens with zero attached hydrogens (tertiary/aromatic N) is 4. The summed E-state index contributed by atoms with van der Waals surface area (Å²) in [5, 5.41) is 4.55. The smallest absolute Gasteiger partial charge is 0.410 e. The first-order chi connectivity index (χ1) is 14.9. The van der Waals surface area contributed by atoms with Crippen molar-refractivity contribution in [1.29, 1.82) is 0 Å². The molecule has 3 heterocycles. The maximum absolute atomic E-state index is 12.3. The first-order valence-corrected chi connectivity index (χ1v) is 11.9. The molecule has 2 saturated heterocycles. The van der Waals surface area contributed by atoms with Crippen molar-refractivity contribution in [2.45, 2.75) is 26.4 Å². The van der Waals surface area contributed by atoms with Crippen molar-refractivity contribution in [2.75, 3.05) is 75.8 Å². The minimum Gasteiger partial charge on any atom is -0.444 e. The molecule has 2 aliphatic rings. The SMILES string of the molecule is CC(C)(C)OC(=O)N1CCN(c2nc3ccc(NCCN4CCOCC4)cc3s2)CC1. The summed E-state index contributed by atoms with van der Waals surface area (Å²) in [4.78, 5) is 23.6. The first-order valence-electron chi connectivity index (χ1n) is 11.0. The molecule has 31 heavy (non-hydrogen) atoms. The second-order valence-electron chi connectivity index (χ2n) is 9.01. The molecule has 0 radical (unpaired) electrons. The third-order valence-corrected chi connectivity index (χ3v) is 6.52. The van der Waals surface area contributed by atoms with Crippen molar-refractivity contribution in [3.8, 4) is 0 Å². The molecule has 1 N–H and O–H groups in total. The van der Waals surface area contributed by atoms with Gasteiger partial charge in [0.1, 0.15) is 5.60 Å². The van der Waals surface area contributed by atoms with Gasteiger partial charge < -0.3 is 24.6 Å². The highest BCUT2D eigenvalue weighted by molar-refractivity contribution is 7.22. The Morgan fingerprint density at radius 1 is 1.16 bits per heavy atom. The van der Waals surface area contributed by atoms with E-state index in [-0.39, 0.29) is 6.09 Å². The van der Waals surface area contributed by atoms with Gasteiger partial charge in [0.2, 0.25) is 0 Å². The number of carbonyl (C=O) groups is 1. The molecule has 0 aliphatic carbocycles. The van der Waals surface area contributed by atoms with Crippen molar-refractivity contribution in [3.63, 3.8) is 0 Å². The molecule has 8 nitrogen and oxygen atoms in total. The van der Waals surface area contributed by atoms with Crippen LogP contribution >= 0.6 is 11.3 Å². The molecule has 9 heteroatoms. The lowest BCUT2D eigenvalue weighted by molar-refractivity contribution is 0.0240. The third-order valence-electron chi connectivity index (χ3n) is 5.44. The van der Waals surface area contributed by atoms with Gasteiger partial charge in [-0.3, -0.25) is 4.90 Å². The van der Waals surface area contributed by atoms with E-state index >= 15 is 0 Å². The van der Waals surface area contributed by atoms with Crippen LogP contribution < -0.4 is 10.2 Å². The Balaban J connectivity index is 1.30. The predicted molar refractivity (Wildman–Crippen MR) is 125 cm³/mol. The number of amides is 1. The van der Waals surface area contributed by atoms with Crippen LogP contribution in [0.5, 0.6) is 0 Å². The molecular formula is C22H33N5O3S. The molecule has 0 bridgehead atoms. The summed E-state index contributed by atoms with van der Waals surface area (Å²) < 4.78 is 12.1. The minimum absolute atomic E-state index is 0.232. The summed E-state index contributed by atoms with van der Waals surface area (Å²) in [7, 11) is 0. The number of anilines is 2. The van der Waals surface area contributed by atoms with Crippen LogP contribution in [0.1, 0.15) is 20.8 Å². The molecule has 0 saturated carbocycles. The lowest BCUT2D eigenvalue weighted by Gasteiger charge is -2.35. The van der Waals surface area contributed by atoms with Gasteiger partial charge in [0.15, 0.2) is 5.13 Å². The molecule has 1 amide bonds. The average Bonchev–Trinajstić information content (AvgIpc) is 3.17. The van der Waals surface area contributed by atoms with Gasteiger partial charge in [0, 0.05) is 58.0 Å². The summed E-state index contributed by atoms with van der Waals surface area (Å²) in [6, 6.07) is 6.38. The quantitative estimate of drug-likeness (QED) is 0.755. The van der Waals surface area contributed by atoms with Gasteiger partial charge in [-0.2, -0.15) is 0 Å². The highest BCUT2D eigenvalue weighted by atomic mass is 32.1. The van der Waals surface area contributed by atoms with Gasteiger partial charge in [-0.1, -0.05) is 11.3 Å². The maximum Gasteiger partial charge on any atom is 0.410 e. The number of fused-ring (bicyclic) bond motifs is 1. The van der Waals surface area contributed by atoms with Crippen LogP contribution in [0.3, 0.4) is 0 Å². The third kappa shape index (κ3) is 5.99. The van der Waals surface area contributed by atoms with E-state index in [4.69, 9.17) is 14.5 Å². The topological polar surface area (TPSA) is 70.2 Å². The van der Waals surface area contributed by atoms with Crippen LogP contribution in [-0.2, 0) is 9.47 Å². The van der Waals surface area contributed by atoms with E-state index in [1.807, 2.05) is 20.8 Å². The van der Waals surface area contributed by atoms with Gasteiger partial charge in [-0.25, -0.2) is 9.78 Å². The number of carbonyl (C=O) groups excluding carboxylic acids is 1. The van der Waals surface area contributed by atoms with E-state index in [2.05, 4.69) is 33.3 Å². The average molecular weight is 448 g/mol. The van der Waals surface area contributed by atoms with E-state index in [9.17, 15) is 4.79 Å². The second kappa shape index (κ2) is 9.58. The highest BCUT2D eigenvalue weighted by Gasteiger charge is 2.27. The molecule has 2 fully saturated rings. The van der Waals surface area contributed by atoms with E-state index in [1.165, 1.54) is 4.70 Å². The van der Waals surface area contributed by atoms with Gasteiger partial charge in [-0.15, -0.1) is 0 Å². The van der Waals surface area contributed by atoms with Crippen LogP contribution in [0.15, 0.2) is 18.2 Å². The Kier molecular flexibility index (Phi) is 6.83. The Morgan fingerprint density at radius 2 is 1.90 bits per heavy atom. The molecule has 1 aromatic carbocycles. The summed E-state index contributed by atoms with van der Waals surface area (Å²) in [5.41, 5.74) is 1.69. The fourth-order valence-corrected chi connectivity index (χ4v) is 4.80. The van der Waals surface area contributed by atoms with Gasteiger partial charge in [-0.05, 0) is 39.0 Å². The van der Waals surface area contributed by atoms with E-state index < -0.39 is 5.60 Å². The number of rotatable bonds is 5. The van der Waals surface area contributed by atoms with Gasteiger partial charge >= 0.3 is 6.09 Å². The number of ether oxygens (including phenoxy) is 2. The summed E-state index contributed by atoms with van der Waals surface area (Å²) in [5.74, 6) is 0. The number of benzene rings is 1. The Labute approximate surface area is 188 Å². The molecule has 4 rings (SSSR count). The molecule has 0 unspecified atom stereocenters. The zero-order chi connectivity index (χ0) is 21.8. The van der Waals surface area contributed by atoms with Gasteiger partial charge in [0.05, 0.1) is 23.4 Å². The normalized spacial score (nSPS) is 18.4. The van der Waals surface area contributed by atoms with Crippen LogP contribution in [0.2, 0.25) is 0 Å². The van der Waals surface area contributed by atoms with Crippen LogP contribution in [0.4, 0.5) is 15.6 Å². The molecular weight excluding hydrogens is 414 g/mol. The number of aromatic nitrogens is 1. The standard InChI is InChI=1S/C22H33N5O3S/c1-22(2,3)30-21(28)27-10-8-26(9-11-27)20-24-18-5-4-17(16-19(18)31-20)23-6-7-25-12-14-29-15-13-25/h4-5,16,23H,6-15H2,1-3H3. The minimum atomic E-state index is -0.463. The molecule has 0 atom stereocenters. The zero-order valence-electron chi connectivity index (χ0n) is 18.7. The van der Waals surface area contributed by atoms with Crippen molar-refractivity contribution in [3.05, 3.63) is 18.2 Å². The zero-order valence-corrected chi connectivity index (χ0v) is 19.5. The highest BCUT2D eigenvalue weighted by Crippen LogP contribution is 2.31. The van der Waals surface area contributed by atoms with Crippen LogP contribution in [0.25, 0.3) is 10.2 Å². The Hall–Kier alpha value is -2.10. The maximum atomic E-state index is 12.3. The fraction of sp³-hybridized carbons (Fsp3) is 0.636. The largest absolute Gasteiger partial charge is 0.444 e. The van der Waals surface area contributed by atoms with Crippen molar-refractivity contribution in [2.24, 2.45) is 0 Å². The fourth-order valence-electron chi connectivity index (χ4n) is 3.75. The summed E-state index contributed by atoms with van der Waals surface area (Å²) >= 11 is 1.71. The Bertz CT molecular complexity index is 883. The molecule has 170 valence electrons. The summed E-state index contributed by atoms with van der Waals surface area (Å²) in [6.07, 6.45) is -0.232. The number of morpholine rings is 1. The van der Waals surface area contributed by atoms with Crippen molar-refractivity contribution < 1.29 is 14.3 Å². The second-order valence-corrected chi connectivity index (χ2v) is 10.0. The van der Waals surface area contributed by atoms with Crippen molar-refractivity contribution >= 4 is 38.5 Å². The summed E-state index contributed by atoms with van der Waals surface area (Å²) in [6.45, 7) is 14.2. The molecule has 0 spiro atoms. The molecule has 1 aromatic heterocycles. The van der Waals surface area contributed by atoms with Crippen molar-refractivity contribution in [1.82, 2.24) is 14.8 Å².